The third-order valence-electron chi connectivity index (χ3n) is 6.55. The molecule has 0 spiro atoms. The third-order valence-corrected chi connectivity index (χ3v) is 6.55. The van der Waals surface area contributed by atoms with Crippen molar-refractivity contribution in [2.75, 3.05) is 38.5 Å². The summed E-state index contributed by atoms with van der Waals surface area (Å²) in [6.45, 7) is 4.92. The molecule has 1 aliphatic heterocycles. The summed E-state index contributed by atoms with van der Waals surface area (Å²) in [5, 5.41) is 13.3. The van der Waals surface area contributed by atoms with Crippen LogP contribution in [0.1, 0.15) is 29.6 Å². The minimum Gasteiger partial charge on any atom is -0.373 e. The maximum Gasteiger partial charge on any atom is 0.282 e. The van der Waals surface area contributed by atoms with Crippen molar-refractivity contribution in [3.05, 3.63) is 59.9 Å². The fourth-order valence-corrected chi connectivity index (χ4v) is 4.42. The number of halogens is 2. The van der Waals surface area contributed by atoms with Crippen LogP contribution in [-0.4, -0.2) is 72.6 Å². The number of benzene rings is 1. The van der Waals surface area contributed by atoms with Crippen molar-refractivity contribution in [3.8, 4) is 11.3 Å². The monoisotopic (exact) mass is 509 g/mol. The molecule has 0 saturated carbocycles. The van der Waals surface area contributed by atoms with Gasteiger partial charge < -0.3 is 25.6 Å². The van der Waals surface area contributed by atoms with Gasteiger partial charge >= 0.3 is 0 Å². The van der Waals surface area contributed by atoms with Crippen LogP contribution in [0.25, 0.3) is 22.3 Å². The van der Waals surface area contributed by atoms with Gasteiger partial charge in [-0.1, -0.05) is 12.1 Å². The molecular formula is C25H29F2N9O. The summed E-state index contributed by atoms with van der Waals surface area (Å²) in [6.07, 6.45) is 0.0746. The predicted octanol–water partition coefficient (Wildman–Crippen LogP) is 2.80. The van der Waals surface area contributed by atoms with Gasteiger partial charge in [0.05, 0.1) is 18.0 Å². The van der Waals surface area contributed by atoms with Crippen molar-refractivity contribution < 1.29 is 13.9 Å². The number of aliphatic hydroxyl groups excluding tert-OH is 1. The number of piperazine rings is 1. The molecule has 1 aliphatic rings. The molecule has 1 saturated heterocycles. The van der Waals surface area contributed by atoms with Gasteiger partial charge in [-0.25, -0.2) is 23.7 Å². The number of rotatable bonds is 7. The average Bonchev–Trinajstić information content (AvgIpc) is 3.27. The van der Waals surface area contributed by atoms with Gasteiger partial charge in [0.15, 0.2) is 5.82 Å². The van der Waals surface area contributed by atoms with Gasteiger partial charge in [0.1, 0.15) is 28.8 Å². The highest BCUT2D eigenvalue weighted by Crippen LogP contribution is 2.35. The van der Waals surface area contributed by atoms with Crippen LogP contribution in [-0.2, 0) is 13.6 Å². The highest BCUT2D eigenvalue weighted by atomic mass is 19.3. The van der Waals surface area contributed by atoms with Gasteiger partial charge in [-0.05, 0) is 24.7 Å². The molecule has 5 rings (SSSR count). The minimum atomic E-state index is -2.93. The smallest absolute Gasteiger partial charge is 0.282 e. The summed E-state index contributed by atoms with van der Waals surface area (Å²) in [5.74, 6) is -0.0398. The highest BCUT2D eigenvalue weighted by molar-refractivity contribution is 5.90. The Morgan fingerprint density at radius 2 is 1.76 bits per heavy atom. The summed E-state index contributed by atoms with van der Waals surface area (Å²) in [4.78, 5) is 21.7. The number of likely N-dealkylation sites (N-methyl/N-ethyl adjacent to an activating group) is 1. The second-order valence-electron chi connectivity index (χ2n) is 9.25. The van der Waals surface area contributed by atoms with E-state index < -0.39 is 18.3 Å². The number of imidazole rings is 1. The lowest BCUT2D eigenvalue weighted by atomic mass is 10.1. The number of nitrogens with two attached hydrogens (primary N) is 1. The molecule has 4 N–H and O–H groups in total. The standard InChI is InChI=1S/C25H29F2N9O/c1-34-7-9-36(10-8-34)13-15-3-5-16(6-4-15)31-25-22(24(28)37)32-20(21(33-25)23(26)27)17-11-29-12-18-19(17)30-14-35(18)2/h3-6,11-12,14,23-24,37H,7-10,13,28H2,1-2H3,(H,31,33). The van der Waals surface area contributed by atoms with Crippen molar-refractivity contribution in [2.24, 2.45) is 12.8 Å². The van der Waals surface area contributed by atoms with E-state index in [0.717, 1.165) is 38.3 Å². The van der Waals surface area contributed by atoms with Crippen LogP contribution >= 0.6 is 0 Å². The Kier molecular flexibility index (Phi) is 7.07. The van der Waals surface area contributed by atoms with Gasteiger partial charge in [0.2, 0.25) is 0 Å². The maximum absolute atomic E-state index is 14.2. The summed E-state index contributed by atoms with van der Waals surface area (Å²) in [7, 11) is 3.90. The highest BCUT2D eigenvalue weighted by Gasteiger charge is 2.26. The van der Waals surface area contributed by atoms with Crippen molar-refractivity contribution in [1.29, 1.82) is 0 Å². The Morgan fingerprint density at radius 1 is 1.03 bits per heavy atom. The van der Waals surface area contributed by atoms with Crippen LogP contribution in [0, 0.1) is 0 Å². The number of pyridine rings is 1. The number of aromatic nitrogens is 5. The molecule has 3 aromatic heterocycles. The molecule has 0 radical (unpaired) electrons. The van der Waals surface area contributed by atoms with E-state index in [1.54, 1.807) is 24.1 Å². The number of hydrogen-bond acceptors (Lipinski definition) is 9. The number of aliphatic hydroxyl groups is 1. The molecule has 1 fully saturated rings. The third kappa shape index (κ3) is 5.27. The molecule has 194 valence electrons. The minimum absolute atomic E-state index is 0.0398. The Morgan fingerprint density at radius 3 is 2.43 bits per heavy atom. The number of fused-ring (bicyclic) bond motifs is 1. The van der Waals surface area contributed by atoms with E-state index in [1.807, 2.05) is 24.3 Å². The van der Waals surface area contributed by atoms with Crippen molar-refractivity contribution in [3.63, 3.8) is 0 Å². The van der Waals surface area contributed by atoms with Crippen LogP contribution < -0.4 is 11.1 Å². The topological polar surface area (TPSA) is 121 Å². The van der Waals surface area contributed by atoms with Crippen molar-refractivity contribution >= 4 is 22.5 Å². The van der Waals surface area contributed by atoms with Crippen LogP contribution in [0.15, 0.2) is 43.0 Å². The second kappa shape index (κ2) is 10.4. The molecule has 4 aromatic rings. The zero-order valence-corrected chi connectivity index (χ0v) is 20.6. The molecule has 1 unspecified atom stereocenters. The molecule has 0 amide bonds. The number of alkyl halides is 2. The lowest BCUT2D eigenvalue weighted by molar-refractivity contribution is 0.145. The Bertz CT molecular complexity index is 1380. The second-order valence-corrected chi connectivity index (χ2v) is 9.25. The molecule has 12 heteroatoms. The predicted molar refractivity (Wildman–Crippen MR) is 136 cm³/mol. The zero-order valence-electron chi connectivity index (χ0n) is 20.6. The number of hydrogen-bond donors (Lipinski definition) is 3. The Hall–Kier alpha value is -3.58. The number of nitrogens with one attached hydrogen (secondary N) is 1. The first-order chi connectivity index (χ1) is 17.8. The van der Waals surface area contributed by atoms with Crippen LogP contribution in [0.2, 0.25) is 0 Å². The zero-order chi connectivity index (χ0) is 26.1. The van der Waals surface area contributed by atoms with Crippen molar-refractivity contribution in [1.82, 2.24) is 34.3 Å². The van der Waals surface area contributed by atoms with Gasteiger partial charge in [0.25, 0.3) is 6.43 Å². The number of anilines is 2. The van der Waals surface area contributed by atoms with E-state index in [-0.39, 0.29) is 22.8 Å². The normalized spacial score (nSPS) is 16.0. The van der Waals surface area contributed by atoms with E-state index in [1.165, 1.54) is 6.20 Å². The van der Waals surface area contributed by atoms with Crippen LogP contribution in [0.5, 0.6) is 0 Å². The number of aryl methyl sites for hydroxylation is 1. The fraction of sp³-hybridized carbons (Fsp3) is 0.360. The molecule has 0 aliphatic carbocycles. The summed E-state index contributed by atoms with van der Waals surface area (Å²) in [5.41, 5.74) is 8.16. The maximum atomic E-state index is 14.2. The Labute approximate surface area is 212 Å². The first kappa shape index (κ1) is 25.1. The van der Waals surface area contributed by atoms with E-state index in [2.05, 4.69) is 42.1 Å². The molecule has 37 heavy (non-hydrogen) atoms. The average molecular weight is 510 g/mol. The number of nitrogens with zero attached hydrogens (tertiary/aromatic N) is 7. The largest absolute Gasteiger partial charge is 0.373 e. The van der Waals surface area contributed by atoms with E-state index in [0.29, 0.717) is 16.7 Å². The van der Waals surface area contributed by atoms with E-state index in [4.69, 9.17) is 5.73 Å². The molecule has 4 heterocycles. The van der Waals surface area contributed by atoms with Gasteiger partial charge in [-0.2, -0.15) is 0 Å². The van der Waals surface area contributed by atoms with Gasteiger partial charge in [-0.15, -0.1) is 0 Å². The first-order valence-corrected chi connectivity index (χ1v) is 12.0. The molecule has 1 atom stereocenters. The van der Waals surface area contributed by atoms with Crippen LogP contribution in [0.4, 0.5) is 20.3 Å². The summed E-state index contributed by atoms with van der Waals surface area (Å²) in [6, 6.07) is 7.63. The molecule has 10 nitrogen and oxygen atoms in total. The summed E-state index contributed by atoms with van der Waals surface area (Å²) >= 11 is 0. The van der Waals surface area contributed by atoms with Gasteiger partial charge in [0, 0.05) is 57.2 Å². The first-order valence-electron chi connectivity index (χ1n) is 12.0. The molecular weight excluding hydrogens is 480 g/mol. The lowest BCUT2D eigenvalue weighted by Crippen LogP contribution is -2.43. The molecule has 1 aromatic carbocycles. The Balaban J connectivity index is 1.45. The van der Waals surface area contributed by atoms with E-state index >= 15 is 0 Å². The van der Waals surface area contributed by atoms with Crippen LogP contribution in [0.3, 0.4) is 0 Å². The SMILES string of the molecule is CN1CCN(Cc2ccc(Nc3nc(C(F)F)c(-c4cncc5c4ncn5C)nc3C(N)O)cc2)CC1. The lowest BCUT2D eigenvalue weighted by Gasteiger charge is -2.32. The van der Waals surface area contributed by atoms with E-state index in [9.17, 15) is 13.9 Å². The summed E-state index contributed by atoms with van der Waals surface area (Å²) < 4.78 is 30.1. The quantitative estimate of drug-likeness (QED) is 0.323. The van der Waals surface area contributed by atoms with Gasteiger partial charge in [-0.3, -0.25) is 9.88 Å². The fourth-order valence-electron chi connectivity index (χ4n) is 4.42. The van der Waals surface area contributed by atoms with Crippen molar-refractivity contribution in [2.45, 2.75) is 19.2 Å². The molecule has 0 bridgehead atoms.